The summed E-state index contributed by atoms with van der Waals surface area (Å²) in [6.45, 7) is 0. The zero-order chi connectivity index (χ0) is 16.2. The van der Waals surface area contributed by atoms with Crippen LogP contribution in [0.15, 0.2) is 59.4 Å². The number of aromatic amines is 1. The Morgan fingerprint density at radius 3 is 2.57 bits per heavy atom. The zero-order valence-electron chi connectivity index (χ0n) is 11.9. The van der Waals surface area contributed by atoms with Crippen molar-refractivity contribution in [3.05, 3.63) is 85.6 Å². The van der Waals surface area contributed by atoms with E-state index in [2.05, 4.69) is 10.2 Å². The van der Waals surface area contributed by atoms with E-state index in [-0.39, 0.29) is 17.7 Å². The van der Waals surface area contributed by atoms with Crippen LogP contribution in [-0.4, -0.2) is 10.2 Å². The molecule has 0 saturated heterocycles. The molecule has 1 heterocycles. The molecule has 0 bridgehead atoms. The summed E-state index contributed by atoms with van der Waals surface area (Å²) in [6.07, 6.45) is 0.269. The van der Waals surface area contributed by atoms with Crippen molar-refractivity contribution in [2.75, 3.05) is 0 Å². The average molecular weight is 422 g/mol. The number of nitrogens with one attached hydrogen (secondary N) is 1. The van der Waals surface area contributed by atoms with Crippen molar-refractivity contribution < 1.29 is 9.13 Å². The van der Waals surface area contributed by atoms with Crippen LogP contribution in [0, 0.1) is 9.39 Å². The molecule has 0 radical (unpaired) electrons. The smallest absolute Gasteiger partial charge is 0.264 e. The molecule has 0 amide bonds. The predicted molar refractivity (Wildman–Crippen MR) is 93.3 cm³/mol. The van der Waals surface area contributed by atoms with Crippen LogP contribution in [0.2, 0.25) is 0 Å². The van der Waals surface area contributed by atoms with Crippen molar-refractivity contribution in [1.82, 2.24) is 10.2 Å². The third-order valence-electron chi connectivity index (χ3n) is 3.20. The number of hydrogen-bond acceptors (Lipinski definition) is 3. The lowest BCUT2D eigenvalue weighted by molar-refractivity contribution is 0.435. The number of nitrogens with zero attached hydrogens (tertiary/aromatic N) is 1. The Kier molecular flexibility index (Phi) is 4.71. The second-order valence-electron chi connectivity index (χ2n) is 4.85. The SMILES string of the molecule is O=c1ccc(Cc2ccc(I)c(Oc3ccccc3)c2F)n[nH]1. The highest BCUT2D eigenvalue weighted by atomic mass is 127. The van der Waals surface area contributed by atoms with Crippen LogP contribution in [-0.2, 0) is 6.42 Å². The van der Waals surface area contributed by atoms with Gasteiger partial charge in [-0.2, -0.15) is 5.10 Å². The topological polar surface area (TPSA) is 55.0 Å². The Labute approximate surface area is 145 Å². The van der Waals surface area contributed by atoms with E-state index in [1.165, 1.54) is 6.07 Å². The summed E-state index contributed by atoms with van der Waals surface area (Å²) in [4.78, 5) is 11.0. The van der Waals surface area contributed by atoms with E-state index in [0.29, 0.717) is 20.6 Å². The molecule has 0 fully saturated rings. The molecule has 0 unspecified atom stereocenters. The van der Waals surface area contributed by atoms with Gasteiger partial charge in [-0.25, -0.2) is 9.49 Å². The van der Waals surface area contributed by atoms with Gasteiger partial charge in [0, 0.05) is 12.5 Å². The predicted octanol–water partition coefficient (Wildman–Crippen LogP) is 3.90. The van der Waals surface area contributed by atoms with Gasteiger partial charge in [-0.15, -0.1) is 0 Å². The lowest BCUT2D eigenvalue weighted by Crippen LogP contribution is -2.08. The van der Waals surface area contributed by atoms with Crippen molar-refractivity contribution in [2.24, 2.45) is 0 Å². The largest absolute Gasteiger partial charge is 0.453 e. The van der Waals surface area contributed by atoms with Crippen molar-refractivity contribution >= 4 is 22.6 Å². The number of benzene rings is 2. The fourth-order valence-electron chi connectivity index (χ4n) is 2.08. The van der Waals surface area contributed by atoms with E-state index in [9.17, 15) is 9.18 Å². The summed E-state index contributed by atoms with van der Waals surface area (Å²) >= 11 is 2.04. The van der Waals surface area contributed by atoms with Crippen molar-refractivity contribution in [2.45, 2.75) is 6.42 Å². The van der Waals surface area contributed by atoms with E-state index in [1.54, 1.807) is 30.3 Å². The van der Waals surface area contributed by atoms with Gasteiger partial charge >= 0.3 is 0 Å². The average Bonchev–Trinajstić information content (AvgIpc) is 2.57. The Hall–Kier alpha value is -2.22. The molecule has 23 heavy (non-hydrogen) atoms. The van der Waals surface area contributed by atoms with Gasteiger partial charge in [0.1, 0.15) is 5.75 Å². The number of rotatable bonds is 4. The molecule has 3 aromatic rings. The molecule has 0 atom stereocenters. The Balaban J connectivity index is 1.92. The molecule has 3 rings (SSSR count). The van der Waals surface area contributed by atoms with Crippen LogP contribution in [0.4, 0.5) is 4.39 Å². The van der Waals surface area contributed by atoms with Gasteiger partial charge in [0.15, 0.2) is 11.6 Å². The van der Waals surface area contributed by atoms with Crippen LogP contribution < -0.4 is 10.3 Å². The lowest BCUT2D eigenvalue weighted by atomic mass is 10.1. The first-order valence-electron chi connectivity index (χ1n) is 6.88. The van der Waals surface area contributed by atoms with E-state index < -0.39 is 5.82 Å². The first-order chi connectivity index (χ1) is 11.1. The van der Waals surface area contributed by atoms with Gasteiger partial charge in [0.25, 0.3) is 5.56 Å². The molecule has 2 aromatic carbocycles. The number of ether oxygens (including phenoxy) is 1. The highest BCUT2D eigenvalue weighted by Gasteiger charge is 2.15. The molecule has 0 spiro atoms. The minimum absolute atomic E-state index is 0.193. The Morgan fingerprint density at radius 1 is 1.09 bits per heavy atom. The molecular weight excluding hydrogens is 410 g/mol. The number of para-hydroxylation sites is 1. The number of hydrogen-bond donors (Lipinski definition) is 1. The number of H-pyrrole nitrogens is 1. The molecule has 0 aliphatic carbocycles. The molecule has 0 aliphatic heterocycles. The Bertz CT molecular complexity index is 861. The normalized spacial score (nSPS) is 10.5. The van der Waals surface area contributed by atoms with Crippen LogP contribution in [0.3, 0.4) is 0 Å². The minimum Gasteiger partial charge on any atom is -0.453 e. The molecule has 6 heteroatoms. The summed E-state index contributed by atoms with van der Waals surface area (Å²) < 4.78 is 21.1. The maximum absolute atomic E-state index is 14.8. The quantitative estimate of drug-likeness (QED) is 0.650. The van der Waals surface area contributed by atoms with Crippen LogP contribution in [0.5, 0.6) is 11.5 Å². The summed E-state index contributed by atoms with van der Waals surface area (Å²) in [5.41, 5.74) is 0.746. The third kappa shape index (κ3) is 3.76. The lowest BCUT2D eigenvalue weighted by Gasteiger charge is -2.12. The van der Waals surface area contributed by atoms with E-state index >= 15 is 0 Å². The maximum Gasteiger partial charge on any atom is 0.264 e. The summed E-state index contributed by atoms with van der Waals surface area (Å²) in [5, 5.41) is 6.25. The first-order valence-corrected chi connectivity index (χ1v) is 7.96. The fraction of sp³-hybridized carbons (Fsp3) is 0.0588. The minimum atomic E-state index is -0.422. The molecule has 0 aliphatic rings. The third-order valence-corrected chi connectivity index (χ3v) is 4.05. The number of aromatic nitrogens is 2. The molecule has 4 nitrogen and oxygen atoms in total. The maximum atomic E-state index is 14.8. The molecule has 1 N–H and O–H groups in total. The standard InChI is InChI=1S/C17H12FIN2O2/c18-16-11(10-12-7-9-15(22)21-20-12)6-8-14(19)17(16)23-13-4-2-1-3-5-13/h1-9H,10H2,(H,21,22). The molecule has 1 aromatic heterocycles. The van der Waals surface area contributed by atoms with E-state index in [1.807, 2.05) is 40.8 Å². The summed E-state index contributed by atoms with van der Waals surface area (Å²) in [6, 6.07) is 15.5. The summed E-state index contributed by atoms with van der Waals surface area (Å²) in [7, 11) is 0. The molecule has 0 saturated carbocycles. The molecular formula is C17H12FIN2O2. The molecule has 116 valence electrons. The van der Waals surface area contributed by atoms with Gasteiger partial charge in [-0.05, 0) is 52.4 Å². The second kappa shape index (κ2) is 6.91. The van der Waals surface area contributed by atoms with Gasteiger partial charge in [0.2, 0.25) is 0 Å². The van der Waals surface area contributed by atoms with Crippen molar-refractivity contribution in [3.63, 3.8) is 0 Å². The Morgan fingerprint density at radius 2 is 1.87 bits per heavy atom. The highest BCUT2D eigenvalue weighted by molar-refractivity contribution is 14.1. The van der Waals surface area contributed by atoms with Crippen molar-refractivity contribution in [3.8, 4) is 11.5 Å². The fourth-order valence-corrected chi connectivity index (χ4v) is 2.60. The number of halogens is 2. The second-order valence-corrected chi connectivity index (χ2v) is 6.02. The van der Waals surface area contributed by atoms with Gasteiger partial charge in [-0.3, -0.25) is 4.79 Å². The zero-order valence-corrected chi connectivity index (χ0v) is 14.1. The van der Waals surface area contributed by atoms with E-state index in [0.717, 1.165) is 0 Å². The monoisotopic (exact) mass is 422 g/mol. The van der Waals surface area contributed by atoms with E-state index in [4.69, 9.17) is 4.74 Å². The van der Waals surface area contributed by atoms with Crippen LogP contribution >= 0.6 is 22.6 Å². The van der Waals surface area contributed by atoms with Gasteiger partial charge < -0.3 is 4.74 Å². The van der Waals surface area contributed by atoms with Crippen molar-refractivity contribution in [1.29, 1.82) is 0 Å². The summed E-state index contributed by atoms with van der Waals surface area (Å²) in [5.74, 6) is 0.344. The van der Waals surface area contributed by atoms with Crippen LogP contribution in [0.25, 0.3) is 0 Å². The van der Waals surface area contributed by atoms with Gasteiger partial charge in [0.05, 0.1) is 9.26 Å². The first kappa shape index (κ1) is 15.7. The van der Waals surface area contributed by atoms with Crippen LogP contribution in [0.1, 0.15) is 11.3 Å². The van der Waals surface area contributed by atoms with Gasteiger partial charge in [-0.1, -0.05) is 24.3 Å². The highest BCUT2D eigenvalue weighted by Crippen LogP contribution is 2.32.